The number of carbonyl (C=O) groups is 2. The Balaban J connectivity index is 1.84. The maximum Gasteiger partial charge on any atom is 0.224 e. The van der Waals surface area contributed by atoms with Crippen LogP contribution in [-0.2, 0) is 9.59 Å². The molecule has 126 valence electrons. The number of pyridine rings is 1. The summed E-state index contributed by atoms with van der Waals surface area (Å²) in [4.78, 5) is 27.5. The number of ketones is 1. The van der Waals surface area contributed by atoms with E-state index in [0.717, 1.165) is 6.42 Å². The molecule has 0 aliphatic heterocycles. The minimum Gasteiger partial charge on any atom is -0.325 e. The minimum atomic E-state index is -0.135. The molecule has 0 spiro atoms. The Labute approximate surface area is 140 Å². The summed E-state index contributed by atoms with van der Waals surface area (Å²) in [6.07, 6.45) is 4.27. The summed E-state index contributed by atoms with van der Waals surface area (Å²) in [6, 6.07) is 3.40. The van der Waals surface area contributed by atoms with Gasteiger partial charge in [0.1, 0.15) is 11.5 Å². The van der Waals surface area contributed by atoms with Crippen molar-refractivity contribution < 1.29 is 9.59 Å². The molecule has 2 heterocycles. The quantitative estimate of drug-likeness (QED) is 0.790. The molecule has 0 aliphatic carbocycles. The number of hydrogen-bond donors (Lipinski definition) is 1. The Morgan fingerprint density at radius 3 is 2.42 bits per heavy atom. The Bertz CT molecular complexity index is 685. The second-order valence-electron chi connectivity index (χ2n) is 5.39. The molecule has 0 saturated heterocycles. The molecule has 2 rings (SSSR count). The van der Waals surface area contributed by atoms with Crippen LogP contribution in [0.2, 0.25) is 0 Å². The zero-order chi connectivity index (χ0) is 17.4. The monoisotopic (exact) mass is 328 g/mol. The zero-order valence-corrected chi connectivity index (χ0v) is 13.8. The lowest BCUT2D eigenvalue weighted by atomic mass is 10.1. The van der Waals surface area contributed by atoms with Crippen molar-refractivity contribution in [1.29, 1.82) is 0 Å². The van der Waals surface area contributed by atoms with Crippen molar-refractivity contribution in [2.75, 3.05) is 5.32 Å². The number of amides is 1. The number of anilines is 1. The van der Waals surface area contributed by atoms with Crippen LogP contribution in [-0.4, -0.2) is 37.1 Å². The van der Waals surface area contributed by atoms with Gasteiger partial charge in [-0.25, -0.2) is 0 Å². The van der Waals surface area contributed by atoms with E-state index in [1.54, 1.807) is 19.1 Å². The molecule has 2 aromatic heterocycles. The van der Waals surface area contributed by atoms with E-state index < -0.39 is 0 Å². The summed E-state index contributed by atoms with van der Waals surface area (Å²) < 4.78 is 0. The Hall–Kier alpha value is -2.77. The van der Waals surface area contributed by atoms with Gasteiger partial charge in [0.2, 0.25) is 11.7 Å². The summed E-state index contributed by atoms with van der Waals surface area (Å²) in [5.74, 6) is 0.883. The molecule has 1 amide bonds. The standard InChI is InChI=1S/C16H20N6O2/c1-3-5-13(23)6-4-7-15(24)18-12-8-9-14(17-10-12)16-21-19-11(2)20-22-16/h8-10H,3-7H2,1-2H3,(H,18,24). The third-order valence-electron chi connectivity index (χ3n) is 3.24. The topological polar surface area (TPSA) is 111 Å². The number of Topliss-reactive ketones (excluding diaryl/α,β-unsaturated/α-hetero) is 1. The zero-order valence-electron chi connectivity index (χ0n) is 13.8. The summed E-state index contributed by atoms with van der Waals surface area (Å²) in [5.41, 5.74) is 1.11. The SMILES string of the molecule is CCCC(=O)CCCC(=O)Nc1ccc(-c2nnc(C)nn2)nc1. The van der Waals surface area contributed by atoms with Gasteiger partial charge in [0.15, 0.2) is 5.82 Å². The van der Waals surface area contributed by atoms with Gasteiger partial charge in [-0.2, -0.15) is 0 Å². The molecule has 0 aromatic carbocycles. The number of aryl methyl sites for hydroxylation is 1. The van der Waals surface area contributed by atoms with Crippen LogP contribution in [0.15, 0.2) is 18.3 Å². The van der Waals surface area contributed by atoms with Gasteiger partial charge in [-0.05, 0) is 31.9 Å². The van der Waals surface area contributed by atoms with E-state index in [4.69, 9.17) is 0 Å². The van der Waals surface area contributed by atoms with Gasteiger partial charge in [-0.15, -0.1) is 20.4 Å². The fourth-order valence-corrected chi connectivity index (χ4v) is 2.06. The fraction of sp³-hybridized carbons (Fsp3) is 0.438. The first-order valence-corrected chi connectivity index (χ1v) is 7.90. The second kappa shape index (κ2) is 8.76. The summed E-state index contributed by atoms with van der Waals surface area (Å²) in [5, 5.41) is 18.2. The first kappa shape index (κ1) is 17.6. The van der Waals surface area contributed by atoms with E-state index in [1.165, 1.54) is 6.20 Å². The van der Waals surface area contributed by atoms with Crippen LogP contribution in [0.1, 0.15) is 44.9 Å². The highest BCUT2D eigenvalue weighted by Gasteiger charge is 2.08. The molecule has 1 N–H and O–H groups in total. The fourth-order valence-electron chi connectivity index (χ4n) is 2.06. The Morgan fingerprint density at radius 2 is 1.79 bits per heavy atom. The number of carbonyl (C=O) groups excluding carboxylic acids is 2. The molecule has 8 heteroatoms. The Kier molecular flexibility index (Phi) is 6.41. The number of rotatable bonds is 8. The first-order chi connectivity index (χ1) is 11.6. The third kappa shape index (κ3) is 5.45. The maximum absolute atomic E-state index is 11.8. The van der Waals surface area contributed by atoms with Gasteiger partial charge in [0, 0.05) is 19.3 Å². The average molecular weight is 328 g/mol. The number of nitrogens with zero attached hydrogens (tertiary/aromatic N) is 5. The third-order valence-corrected chi connectivity index (χ3v) is 3.24. The number of nitrogens with one attached hydrogen (secondary N) is 1. The largest absolute Gasteiger partial charge is 0.325 e. The van der Waals surface area contributed by atoms with Gasteiger partial charge in [-0.3, -0.25) is 14.6 Å². The molecule has 0 aliphatic rings. The normalized spacial score (nSPS) is 10.4. The van der Waals surface area contributed by atoms with Crippen molar-refractivity contribution in [3.05, 3.63) is 24.2 Å². The summed E-state index contributed by atoms with van der Waals surface area (Å²) in [7, 11) is 0. The maximum atomic E-state index is 11.8. The molecule has 0 radical (unpaired) electrons. The lowest BCUT2D eigenvalue weighted by Crippen LogP contribution is -2.12. The van der Waals surface area contributed by atoms with Crippen LogP contribution in [0, 0.1) is 6.92 Å². The number of aromatic nitrogens is 5. The van der Waals surface area contributed by atoms with Crippen LogP contribution < -0.4 is 5.32 Å². The first-order valence-electron chi connectivity index (χ1n) is 7.90. The highest BCUT2D eigenvalue weighted by atomic mass is 16.1. The average Bonchev–Trinajstić information content (AvgIpc) is 2.56. The van der Waals surface area contributed by atoms with Crippen LogP contribution in [0.3, 0.4) is 0 Å². The van der Waals surface area contributed by atoms with Gasteiger partial charge < -0.3 is 5.32 Å². The van der Waals surface area contributed by atoms with Crippen molar-refractivity contribution in [1.82, 2.24) is 25.4 Å². The van der Waals surface area contributed by atoms with E-state index >= 15 is 0 Å². The molecule has 0 unspecified atom stereocenters. The van der Waals surface area contributed by atoms with Crippen LogP contribution in [0.25, 0.3) is 11.5 Å². The Morgan fingerprint density at radius 1 is 1.04 bits per heavy atom. The van der Waals surface area contributed by atoms with Crippen molar-refractivity contribution in [2.45, 2.75) is 46.0 Å². The molecule has 0 fully saturated rings. The van der Waals surface area contributed by atoms with Gasteiger partial charge >= 0.3 is 0 Å². The van der Waals surface area contributed by atoms with Crippen molar-refractivity contribution in [3.63, 3.8) is 0 Å². The molecular weight excluding hydrogens is 308 g/mol. The predicted octanol–water partition coefficient (Wildman–Crippen LogP) is 2.12. The van der Waals surface area contributed by atoms with Crippen LogP contribution in [0.5, 0.6) is 0 Å². The smallest absolute Gasteiger partial charge is 0.224 e. The van der Waals surface area contributed by atoms with E-state index in [9.17, 15) is 9.59 Å². The molecule has 0 atom stereocenters. The lowest BCUT2D eigenvalue weighted by molar-refractivity contribution is -0.119. The van der Waals surface area contributed by atoms with Crippen LogP contribution >= 0.6 is 0 Å². The van der Waals surface area contributed by atoms with E-state index in [-0.39, 0.29) is 11.7 Å². The van der Waals surface area contributed by atoms with Crippen molar-refractivity contribution in [2.24, 2.45) is 0 Å². The van der Waals surface area contributed by atoms with Crippen LogP contribution in [0.4, 0.5) is 5.69 Å². The summed E-state index contributed by atoms with van der Waals surface area (Å²) in [6.45, 7) is 3.67. The van der Waals surface area contributed by atoms with E-state index in [0.29, 0.717) is 48.7 Å². The highest BCUT2D eigenvalue weighted by molar-refractivity contribution is 5.91. The van der Waals surface area contributed by atoms with Gasteiger partial charge in [0.05, 0.1) is 11.9 Å². The van der Waals surface area contributed by atoms with E-state index in [1.807, 2.05) is 6.92 Å². The molecule has 0 bridgehead atoms. The van der Waals surface area contributed by atoms with Crippen molar-refractivity contribution >= 4 is 17.4 Å². The molecular formula is C16H20N6O2. The summed E-state index contributed by atoms with van der Waals surface area (Å²) >= 11 is 0. The van der Waals surface area contributed by atoms with Gasteiger partial charge in [0.25, 0.3) is 0 Å². The molecule has 2 aromatic rings. The van der Waals surface area contributed by atoms with Gasteiger partial charge in [-0.1, -0.05) is 6.92 Å². The molecule has 8 nitrogen and oxygen atoms in total. The predicted molar refractivity (Wildman–Crippen MR) is 88.0 cm³/mol. The van der Waals surface area contributed by atoms with Crippen molar-refractivity contribution in [3.8, 4) is 11.5 Å². The minimum absolute atomic E-state index is 0.135. The second-order valence-corrected chi connectivity index (χ2v) is 5.39. The highest BCUT2D eigenvalue weighted by Crippen LogP contribution is 2.13. The lowest BCUT2D eigenvalue weighted by Gasteiger charge is -2.05. The number of hydrogen-bond acceptors (Lipinski definition) is 7. The molecule has 0 saturated carbocycles. The van der Waals surface area contributed by atoms with E-state index in [2.05, 4.69) is 30.7 Å². The molecule has 24 heavy (non-hydrogen) atoms.